The van der Waals surface area contributed by atoms with Crippen LogP contribution in [0.3, 0.4) is 0 Å². The largest absolute Gasteiger partial charge is 0.453 e. The van der Waals surface area contributed by atoms with E-state index in [0.29, 0.717) is 24.8 Å². The number of pyridine rings is 1. The van der Waals surface area contributed by atoms with E-state index in [2.05, 4.69) is 32.1 Å². The number of nitrogens with zero attached hydrogens (tertiary/aromatic N) is 2. The van der Waals surface area contributed by atoms with Crippen molar-refractivity contribution in [3.63, 3.8) is 0 Å². The number of guanidine groups is 1. The van der Waals surface area contributed by atoms with Crippen LogP contribution in [0.4, 0.5) is 4.39 Å². The number of benzene rings is 1. The monoisotopic (exact) mass is 370 g/mol. The lowest BCUT2D eigenvalue weighted by atomic mass is 10.2. The summed E-state index contributed by atoms with van der Waals surface area (Å²) in [6, 6.07) is 10.4. The number of aliphatic imine (C=N–C) groups is 1. The average Bonchev–Trinajstić information content (AvgIpc) is 3.18. The molecular weight excluding hydrogens is 351 g/mol. The Balaban J connectivity index is 1.55. The molecule has 3 aromatic rings. The van der Waals surface area contributed by atoms with Gasteiger partial charge in [0.25, 0.3) is 0 Å². The number of aromatic nitrogens is 1. The first-order chi connectivity index (χ1) is 12.7. The number of hydrogen-bond donors (Lipinski definition) is 2. The molecule has 0 atom stereocenters. The summed E-state index contributed by atoms with van der Waals surface area (Å²) >= 11 is 1.65. The van der Waals surface area contributed by atoms with Crippen LogP contribution in [0.25, 0.3) is 0 Å². The standard InChI is InChI=1S/C19H19FN4OS/c1-21-19(24-11-15-6-8-26-13-15)23-10-14-4-5-18(17(20)9-14)25-16-3-2-7-22-12-16/h2-9,12-13H,10-11H2,1H3,(H2,21,23,24). The van der Waals surface area contributed by atoms with E-state index in [-0.39, 0.29) is 5.75 Å². The fourth-order valence-electron chi connectivity index (χ4n) is 2.26. The van der Waals surface area contributed by atoms with E-state index < -0.39 is 5.82 Å². The Bertz CT molecular complexity index is 853. The van der Waals surface area contributed by atoms with E-state index in [1.165, 1.54) is 17.8 Å². The Morgan fingerprint density at radius 1 is 1.19 bits per heavy atom. The van der Waals surface area contributed by atoms with Gasteiger partial charge in [-0.1, -0.05) is 6.07 Å². The van der Waals surface area contributed by atoms with Gasteiger partial charge in [0.2, 0.25) is 0 Å². The minimum absolute atomic E-state index is 0.168. The van der Waals surface area contributed by atoms with Crippen LogP contribution < -0.4 is 15.4 Å². The Morgan fingerprint density at radius 2 is 2.04 bits per heavy atom. The van der Waals surface area contributed by atoms with E-state index in [9.17, 15) is 4.39 Å². The van der Waals surface area contributed by atoms with Gasteiger partial charge in [0, 0.05) is 26.3 Å². The molecule has 0 unspecified atom stereocenters. The van der Waals surface area contributed by atoms with Gasteiger partial charge in [0.05, 0.1) is 6.20 Å². The van der Waals surface area contributed by atoms with E-state index >= 15 is 0 Å². The van der Waals surface area contributed by atoms with Gasteiger partial charge < -0.3 is 15.4 Å². The lowest BCUT2D eigenvalue weighted by Crippen LogP contribution is -2.36. The van der Waals surface area contributed by atoms with Crippen LogP contribution in [-0.4, -0.2) is 18.0 Å². The Kier molecular flexibility index (Phi) is 6.16. The highest BCUT2D eigenvalue weighted by molar-refractivity contribution is 7.07. The fourth-order valence-corrected chi connectivity index (χ4v) is 2.93. The van der Waals surface area contributed by atoms with Crippen LogP contribution >= 0.6 is 11.3 Å². The SMILES string of the molecule is CN=C(NCc1ccsc1)NCc1ccc(Oc2cccnc2)c(F)c1. The molecule has 0 aliphatic heterocycles. The predicted molar refractivity (Wildman–Crippen MR) is 102 cm³/mol. The van der Waals surface area contributed by atoms with Gasteiger partial charge in [-0.25, -0.2) is 4.39 Å². The third kappa shape index (κ3) is 5.03. The molecule has 0 fully saturated rings. The van der Waals surface area contributed by atoms with E-state index in [1.807, 2.05) is 11.4 Å². The maximum absolute atomic E-state index is 14.3. The lowest BCUT2D eigenvalue weighted by molar-refractivity contribution is 0.440. The van der Waals surface area contributed by atoms with Crippen molar-refractivity contribution in [3.8, 4) is 11.5 Å². The molecule has 0 saturated heterocycles. The lowest BCUT2D eigenvalue weighted by Gasteiger charge is -2.12. The van der Waals surface area contributed by atoms with Crippen LogP contribution in [0.2, 0.25) is 0 Å². The van der Waals surface area contributed by atoms with Crippen molar-refractivity contribution in [2.24, 2.45) is 4.99 Å². The number of halogens is 1. The molecule has 0 aliphatic rings. The van der Waals surface area contributed by atoms with Crippen molar-refractivity contribution < 1.29 is 9.13 Å². The Morgan fingerprint density at radius 3 is 2.69 bits per heavy atom. The first kappa shape index (κ1) is 17.9. The Hall–Kier alpha value is -2.93. The molecule has 2 aromatic heterocycles. The second kappa shape index (κ2) is 8.96. The van der Waals surface area contributed by atoms with Crippen LogP contribution in [0.15, 0.2) is 64.5 Å². The third-order valence-electron chi connectivity index (χ3n) is 3.58. The molecule has 1 aromatic carbocycles. The van der Waals surface area contributed by atoms with Crippen LogP contribution in [0.1, 0.15) is 11.1 Å². The summed E-state index contributed by atoms with van der Waals surface area (Å²) < 4.78 is 19.8. The number of thiophene rings is 1. The summed E-state index contributed by atoms with van der Waals surface area (Å²) in [6.45, 7) is 1.14. The summed E-state index contributed by atoms with van der Waals surface area (Å²) in [4.78, 5) is 8.12. The molecule has 26 heavy (non-hydrogen) atoms. The molecule has 3 rings (SSSR count). The van der Waals surface area contributed by atoms with E-state index in [4.69, 9.17) is 4.74 Å². The normalized spacial score (nSPS) is 11.2. The Labute approximate surface area is 155 Å². The second-order valence-electron chi connectivity index (χ2n) is 5.47. The van der Waals surface area contributed by atoms with Gasteiger partial charge in [-0.05, 0) is 52.2 Å². The minimum Gasteiger partial charge on any atom is -0.453 e. The smallest absolute Gasteiger partial charge is 0.191 e. The number of ether oxygens (including phenoxy) is 1. The van der Waals surface area contributed by atoms with Gasteiger partial charge in [-0.3, -0.25) is 9.98 Å². The van der Waals surface area contributed by atoms with Gasteiger partial charge in [0.1, 0.15) is 5.75 Å². The number of rotatable bonds is 6. The zero-order valence-electron chi connectivity index (χ0n) is 14.3. The molecule has 7 heteroatoms. The summed E-state index contributed by atoms with van der Waals surface area (Å²) in [5, 5.41) is 10.5. The van der Waals surface area contributed by atoms with Crippen molar-refractivity contribution in [2.45, 2.75) is 13.1 Å². The summed E-state index contributed by atoms with van der Waals surface area (Å²) in [7, 11) is 1.70. The van der Waals surface area contributed by atoms with E-state index in [1.54, 1.807) is 42.8 Å². The van der Waals surface area contributed by atoms with Crippen LogP contribution in [-0.2, 0) is 13.1 Å². The van der Waals surface area contributed by atoms with Crippen LogP contribution in [0, 0.1) is 5.82 Å². The van der Waals surface area contributed by atoms with Crippen molar-refractivity contribution >= 4 is 17.3 Å². The van der Waals surface area contributed by atoms with Gasteiger partial charge in [0.15, 0.2) is 17.5 Å². The first-order valence-corrected chi connectivity index (χ1v) is 9.01. The van der Waals surface area contributed by atoms with Gasteiger partial charge in [-0.2, -0.15) is 11.3 Å². The number of hydrogen-bond acceptors (Lipinski definition) is 4. The topological polar surface area (TPSA) is 58.5 Å². The molecule has 5 nitrogen and oxygen atoms in total. The average molecular weight is 370 g/mol. The van der Waals surface area contributed by atoms with Crippen molar-refractivity contribution in [1.82, 2.24) is 15.6 Å². The van der Waals surface area contributed by atoms with E-state index in [0.717, 1.165) is 5.56 Å². The third-order valence-corrected chi connectivity index (χ3v) is 4.31. The molecule has 0 spiro atoms. The molecule has 0 radical (unpaired) electrons. The zero-order valence-corrected chi connectivity index (χ0v) is 15.1. The van der Waals surface area contributed by atoms with Gasteiger partial charge in [-0.15, -0.1) is 0 Å². The molecule has 0 aliphatic carbocycles. The minimum atomic E-state index is -0.422. The maximum atomic E-state index is 14.3. The summed E-state index contributed by atoms with van der Waals surface area (Å²) in [5.74, 6) is 0.902. The summed E-state index contributed by atoms with van der Waals surface area (Å²) in [5.41, 5.74) is 1.99. The van der Waals surface area contributed by atoms with Crippen molar-refractivity contribution in [1.29, 1.82) is 0 Å². The molecule has 2 heterocycles. The highest BCUT2D eigenvalue weighted by atomic mass is 32.1. The summed E-state index contributed by atoms with van der Waals surface area (Å²) in [6.07, 6.45) is 3.18. The molecule has 0 saturated carbocycles. The predicted octanol–water partition coefficient (Wildman–Crippen LogP) is 3.94. The second-order valence-corrected chi connectivity index (χ2v) is 6.25. The highest BCUT2D eigenvalue weighted by Crippen LogP contribution is 2.24. The molecule has 0 amide bonds. The van der Waals surface area contributed by atoms with Crippen LogP contribution in [0.5, 0.6) is 11.5 Å². The highest BCUT2D eigenvalue weighted by Gasteiger charge is 2.07. The van der Waals surface area contributed by atoms with Gasteiger partial charge >= 0.3 is 0 Å². The van der Waals surface area contributed by atoms with Crippen molar-refractivity contribution in [3.05, 3.63) is 76.5 Å². The quantitative estimate of drug-likeness (QED) is 0.510. The van der Waals surface area contributed by atoms with Crippen molar-refractivity contribution in [2.75, 3.05) is 7.05 Å². The maximum Gasteiger partial charge on any atom is 0.191 e. The molecular formula is C19H19FN4OS. The zero-order chi connectivity index (χ0) is 18.2. The first-order valence-electron chi connectivity index (χ1n) is 8.06. The molecule has 134 valence electrons. The molecule has 0 bridgehead atoms. The molecule has 2 N–H and O–H groups in total. The fraction of sp³-hybridized carbons (Fsp3) is 0.158. The number of nitrogens with one attached hydrogen (secondary N) is 2.